The van der Waals surface area contributed by atoms with Gasteiger partial charge in [-0.1, -0.05) is 23.4 Å². The summed E-state index contributed by atoms with van der Waals surface area (Å²) in [5.41, 5.74) is 1.45. The Hall–Kier alpha value is -1.79. The Morgan fingerprint density at radius 2 is 2.05 bits per heavy atom. The van der Waals surface area contributed by atoms with Crippen LogP contribution in [0.4, 0.5) is 0 Å². The van der Waals surface area contributed by atoms with E-state index >= 15 is 0 Å². The Kier molecular flexibility index (Phi) is 5.63. The molecule has 5 nitrogen and oxygen atoms in total. The molecule has 1 aromatic carbocycles. The summed E-state index contributed by atoms with van der Waals surface area (Å²) in [5, 5.41) is 10.5. The van der Waals surface area contributed by atoms with Gasteiger partial charge in [0.25, 0.3) is 0 Å². The van der Waals surface area contributed by atoms with Crippen LogP contribution in [0.25, 0.3) is 11.0 Å². The molecule has 116 valence electrons. The van der Waals surface area contributed by atoms with Gasteiger partial charge in [0, 0.05) is 24.5 Å². The number of furan rings is 1. The Morgan fingerprint density at radius 3 is 2.73 bits per heavy atom. The van der Waals surface area contributed by atoms with Gasteiger partial charge in [-0.3, -0.25) is 0 Å². The molecule has 2 aromatic rings. The molecule has 7 heteroatoms. The molecule has 22 heavy (non-hydrogen) atoms. The number of hydrogen-bond donors (Lipinski definition) is 0. The largest absolute Gasteiger partial charge is 0.455 e. The van der Waals surface area contributed by atoms with Crippen LogP contribution in [0, 0.1) is 0 Å². The summed E-state index contributed by atoms with van der Waals surface area (Å²) in [6.07, 6.45) is 3.59. The van der Waals surface area contributed by atoms with Gasteiger partial charge >= 0.3 is 0 Å². The molecule has 0 aliphatic carbocycles. The average Bonchev–Trinajstić information content (AvgIpc) is 2.90. The summed E-state index contributed by atoms with van der Waals surface area (Å²) in [5.74, 6) is 0.665. The summed E-state index contributed by atoms with van der Waals surface area (Å²) in [7, 11) is 3.80. The van der Waals surface area contributed by atoms with Gasteiger partial charge in [0.1, 0.15) is 11.3 Å². The zero-order chi connectivity index (χ0) is 16.1. The van der Waals surface area contributed by atoms with E-state index in [2.05, 4.69) is 15.2 Å². The van der Waals surface area contributed by atoms with E-state index in [9.17, 15) is 0 Å². The fourth-order valence-electron chi connectivity index (χ4n) is 1.64. The smallest absolute Gasteiger partial charge is 0.210 e. The Labute approximate surface area is 138 Å². The number of benzene rings is 1. The summed E-state index contributed by atoms with van der Waals surface area (Å²) < 4.78 is 5.74. The Bertz CT molecular complexity index is 749. The van der Waals surface area contributed by atoms with Gasteiger partial charge < -0.3 is 9.32 Å². The van der Waals surface area contributed by atoms with Gasteiger partial charge in [0.05, 0.1) is 6.34 Å². The maximum absolute atomic E-state index is 5.97. The number of aliphatic imine (C=N–C) groups is 1. The number of fused-ring (bicyclic) bond motifs is 1. The maximum atomic E-state index is 5.97. The zero-order valence-corrected chi connectivity index (χ0v) is 14.4. The molecule has 0 aliphatic rings. The van der Waals surface area contributed by atoms with Crippen LogP contribution in [0.1, 0.15) is 12.7 Å². The first-order valence-corrected chi connectivity index (χ1v) is 8.16. The highest BCUT2D eigenvalue weighted by Crippen LogP contribution is 2.23. The van der Waals surface area contributed by atoms with Crippen LogP contribution in [-0.4, -0.2) is 42.5 Å². The lowest BCUT2D eigenvalue weighted by Gasteiger charge is -2.01. The predicted molar refractivity (Wildman–Crippen MR) is 96.6 cm³/mol. The number of amidine groups is 1. The summed E-state index contributed by atoms with van der Waals surface area (Å²) in [6.45, 7) is 1.84. The van der Waals surface area contributed by atoms with Gasteiger partial charge in [-0.15, -0.1) is 10.2 Å². The maximum Gasteiger partial charge on any atom is 0.210 e. The van der Waals surface area contributed by atoms with Crippen molar-refractivity contribution in [3.8, 4) is 0 Å². The molecular weight excluding hydrogens is 320 g/mol. The molecule has 0 atom stereocenters. The van der Waals surface area contributed by atoms with Gasteiger partial charge in [-0.05, 0) is 37.4 Å². The van der Waals surface area contributed by atoms with E-state index in [4.69, 9.17) is 16.0 Å². The highest BCUT2D eigenvalue weighted by molar-refractivity contribution is 8.13. The Morgan fingerprint density at radius 1 is 1.27 bits per heavy atom. The fourth-order valence-corrected chi connectivity index (χ4v) is 2.10. The van der Waals surface area contributed by atoms with Crippen LogP contribution in [0.15, 0.2) is 43.9 Å². The summed E-state index contributed by atoms with van der Waals surface area (Å²) >= 11 is 7.40. The first kappa shape index (κ1) is 16.6. The van der Waals surface area contributed by atoms with Gasteiger partial charge in [0.15, 0.2) is 5.76 Å². The van der Waals surface area contributed by atoms with Gasteiger partial charge in [-0.2, -0.15) is 0 Å². The lowest BCUT2D eigenvalue weighted by molar-refractivity contribution is 0.604. The summed E-state index contributed by atoms with van der Waals surface area (Å²) in [4.78, 5) is 6.06. The third-order valence-electron chi connectivity index (χ3n) is 2.70. The van der Waals surface area contributed by atoms with Crippen molar-refractivity contribution < 1.29 is 4.42 Å². The van der Waals surface area contributed by atoms with Crippen LogP contribution < -0.4 is 0 Å². The van der Waals surface area contributed by atoms with Crippen molar-refractivity contribution >= 4 is 51.5 Å². The molecule has 0 N–H and O–H groups in total. The molecular formula is C15H17ClN4OS. The van der Waals surface area contributed by atoms with E-state index in [-0.39, 0.29) is 0 Å². The SMILES string of the molecule is CSC(N=CN(C)C)=NN=C(C)c1cc2cc(Cl)ccc2o1. The van der Waals surface area contributed by atoms with Crippen LogP contribution in [-0.2, 0) is 0 Å². The molecule has 1 aromatic heterocycles. The van der Waals surface area contributed by atoms with Crippen molar-refractivity contribution in [1.82, 2.24) is 4.90 Å². The zero-order valence-electron chi connectivity index (χ0n) is 12.9. The average molecular weight is 337 g/mol. The predicted octanol–water partition coefficient (Wildman–Crippen LogP) is 4.12. The van der Waals surface area contributed by atoms with E-state index in [1.165, 1.54) is 11.8 Å². The molecule has 0 fully saturated rings. The van der Waals surface area contributed by atoms with E-state index < -0.39 is 0 Å². The van der Waals surface area contributed by atoms with Crippen molar-refractivity contribution in [2.75, 3.05) is 20.4 Å². The molecule has 2 rings (SSSR count). The molecule has 0 unspecified atom stereocenters. The molecule has 0 saturated heterocycles. The second-order valence-electron chi connectivity index (χ2n) is 4.77. The molecule has 0 saturated carbocycles. The normalized spacial score (nSPS) is 13.3. The molecule has 0 spiro atoms. The fraction of sp³-hybridized carbons (Fsp3) is 0.267. The van der Waals surface area contributed by atoms with Crippen LogP contribution >= 0.6 is 23.4 Å². The monoisotopic (exact) mass is 336 g/mol. The first-order valence-electron chi connectivity index (χ1n) is 6.56. The van der Waals surface area contributed by atoms with Crippen molar-refractivity contribution in [2.45, 2.75) is 6.92 Å². The number of hydrogen-bond acceptors (Lipinski definition) is 4. The highest BCUT2D eigenvalue weighted by atomic mass is 35.5. The van der Waals surface area contributed by atoms with E-state index in [0.29, 0.717) is 21.7 Å². The first-order chi connectivity index (χ1) is 10.5. The molecule has 0 radical (unpaired) electrons. The van der Waals surface area contributed by atoms with E-state index in [1.54, 1.807) is 12.4 Å². The topological polar surface area (TPSA) is 53.5 Å². The second-order valence-corrected chi connectivity index (χ2v) is 5.98. The minimum Gasteiger partial charge on any atom is -0.455 e. The number of nitrogens with zero attached hydrogens (tertiary/aromatic N) is 4. The van der Waals surface area contributed by atoms with Crippen LogP contribution in [0.2, 0.25) is 5.02 Å². The van der Waals surface area contributed by atoms with Gasteiger partial charge in [0.2, 0.25) is 5.17 Å². The molecule has 0 aliphatic heterocycles. The van der Waals surface area contributed by atoms with Crippen LogP contribution in [0.5, 0.6) is 0 Å². The quantitative estimate of drug-likeness (QED) is 0.481. The third-order valence-corrected chi connectivity index (χ3v) is 3.49. The van der Waals surface area contributed by atoms with Crippen molar-refractivity contribution in [3.05, 3.63) is 35.0 Å². The Balaban J connectivity index is 2.26. The number of halogens is 1. The molecule has 0 amide bonds. The highest BCUT2D eigenvalue weighted by Gasteiger charge is 2.07. The second kappa shape index (κ2) is 7.47. The lowest BCUT2D eigenvalue weighted by Crippen LogP contribution is -2.08. The van der Waals surface area contributed by atoms with Crippen molar-refractivity contribution in [1.29, 1.82) is 0 Å². The van der Waals surface area contributed by atoms with Crippen LogP contribution in [0.3, 0.4) is 0 Å². The van der Waals surface area contributed by atoms with Crippen molar-refractivity contribution in [3.63, 3.8) is 0 Å². The van der Waals surface area contributed by atoms with E-state index in [1.807, 2.05) is 50.4 Å². The van der Waals surface area contributed by atoms with E-state index in [0.717, 1.165) is 11.0 Å². The van der Waals surface area contributed by atoms with Crippen molar-refractivity contribution in [2.24, 2.45) is 15.2 Å². The third kappa shape index (κ3) is 4.35. The minimum atomic E-state index is 0.576. The standard InChI is InChI=1S/C15H17ClN4OS/c1-10(18-19-15(22-4)17-9-20(2)3)14-8-11-7-12(16)5-6-13(11)21-14/h5-9H,1-4H3. The molecule has 1 heterocycles. The van der Waals surface area contributed by atoms with Gasteiger partial charge in [-0.25, -0.2) is 4.99 Å². The number of rotatable bonds is 3. The summed E-state index contributed by atoms with van der Waals surface area (Å²) in [6, 6.07) is 7.39. The number of thioether (sulfide) groups is 1. The lowest BCUT2D eigenvalue weighted by atomic mass is 10.2. The minimum absolute atomic E-state index is 0.576. The molecule has 0 bridgehead atoms.